The predicted molar refractivity (Wildman–Crippen MR) is 97.6 cm³/mol. The van der Waals surface area contributed by atoms with Gasteiger partial charge in [0.15, 0.2) is 5.96 Å². The van der Waals surface area contributed by atoms with E-state index in [1.807, 2.05) is 44.1 Å². The summed E-state index contributed by atoms with van der Waals surface area (Å²) in [6.45, 7) is 1.70. The molecule has 7 heteroatoms. The third kappa shape index (κ3) is 4.48. The molecule has 24 heavy (non-hydrogen) atoms. The van der Waals surface area contributed by atoms with E-state index in [0.29, 0.717) is 24.5 Å². The summed E-state index contributed by atoms with van der Waals surface area (Å²) in [6, 6.07) is 7.14. The van der Waals surface area contributed by atoms with Crippen molar-refractivity contribution < 1.29 is 8.42 Å². The Morgan fingerprint density at radius 2 is 1.71 bits per heavy atom. The van der Waals surface area contributed by atoms with Gasteiger partial charge in [-0.2, -0.15) is 4.31 Å². The maximum atomic E-state index is 12.8. The van der Waals surface area contributed by atoms with Gasteiger partial charge in [0.1, 0.15) is 0 Å². The fraction of sp³-hybridized carbons (Fsp3) is 0.588. The fourth-order valence-corrected chi connectivity index (χ4v) is 4.49. The molecule has 0 bridgehead atoms. The van der Waals surface area contributed by atoms with Crippen molar-refractivity contribution in [3.05, 3.63) is 29.8 Å². The summed E-state index contributed by atoms with van der Waals surface area (Å²) in [5, 5.41) is 0. The van der Waals surface area contributed by atoms with Crippen LogP contribution >= 0.6 is 0 Å². The van der Waals surface area contributed by atoms with E-state index in [2.05, 4.69) is 4.99 Å². The van der Waals surface area contributed by atoms with Crippen LogP contribution in [0.1, 0.15) is 24.8 Å². The highest BCUT2D eigenvalue weighted by molar-refractivity contribution is 7.89. The van der Waals surface area contributed by atoms with Crippen molar-refractivity contribution in [3.63, 3.8) is 0 Å². The van der Waals surface area contributed by atoms with E-state index in [4.69, 9.17) is 0 Å². The maximum Gasteiger partial charge on any atom is 0.243 e. The van der Waals surface area contributed by atoms with Crippen molar-refractivity contribution in [1.82, 2.24) is 14.1 Å². The molecule has 1 saturated heterocycles. The number of benzene rings is 1. The van der Waals surface area contributed by atoms with Gasteiger partial charge in [-0.25, -0.2) is 13.4 Å². The molecule has 0 spiro atoms. The normalized spacial score (nSPS) is 15.8. The Hall–Kier alpha value is -1.60. The van der Waals surface area contributed by atoms with Gasteiger partial charge in [0.25, 0.3) is 0 Å². The molecule has 1 heterocycles. The second kappa shape index (κ2) is 7.98. The Bertz CT molecular complexity index is 668. The van der Waals surface area contributed by atoms with Gasteiger partial charge in [0.2, 0.25) is 10.0 Å². The van der Waals surface area contributed by atoms with Crippen LogP contribution in [0.4, 0.5) is 0 Å². The van der Waals surface area contributed by atoms with E-state index in [-0.39, 0.29) is 0 Å². The van der Waals surface area contributed by atoms with E-state index >= 15 is 0 Å². The molecule has 0 aliphatic carbocycles. The molecule has 2 rings (SSSR count). The molecule has 0 amide bonds. The molecule has 0 aromatic heterocycles. The number of nitrogens with zero attached hydrogens (tertiary/aromatic N) is 4. The van der Waals surface area contributed by atoms with Gasteiger partial charge >= 0.3 is 0 Å². The van der Waals surface area contributed by atoms with Crippen molar-refractivity contribution in [3.8, 4) is 0 Å². The predicted octanol–water partition coefficient (Wildman–Crippen LogP) is 1.84. The second-order valence-electron chi connectivity index (χ2n) is 6.52. The third-order valence-electron chi connectivity index (χ3n) is 4.05. The minimum absolute atomic E-state index is 0.369. The Morgan fingerprint density at radius 3 is 2.29 bits per heavy atom. The minimum Gasteiger partial charge on any atom is -0.349 e. The zero-order valence-electron chi connectivity index (χ0n) is 15.1. The lowest BCUT2D eigenvalue weighted by atomic mass is 10.2. The van der Waals surface area contributed by atoms with Gasteiger partial charge < -0.3 is 9.80 Å². The van der Waals surface area contributed by atoms with Gasteiger partial charge in [0, 0.05) is 41.3 Å². The maximum absolute atomic E-state index is 12.8. The highest BCUT2D eigenvalue weighted by Gasteiger charge is 2.25. The zero-order valence-corrected chi connectivity index (χ0v) is 15.9. The summed E-state index contributed by atoms with van der Waals surface area (Å²) in [5.74, 6) is 0.847. The molecule has 0 saturated carbocycles. The van der Waals surface area contributed by atoms with Crippen LogP contribution in [0.15, 0.2) is 34.2 Å². The van der Waals surface area contributed by atoms with E-state index < -0.39 is 10.0 Å². The van der Waals surface area contributed by atoms with E-state index in [1.54, 1.807) is 22.5 Å². The molecular formula is C17H28N4O2S. The molecule has 1 aliphatic heterocycles. The second-order valence-corrected chi connectivity index (χ2v) is 8.46. The smallest absolute Gasteiger partial charge is 0.243 e. The molecule has 1 aliphatic rings. The third-order valence-corrected chi connectivity index (χ3v) is 5.95. The summed E-state index contributed by atoms with van der Waals surface area (Å²) in [6.07, 6.45) is 3.00. The first-order chi connectivity index (χ1) is 11.3. The Morgan fingerprint density at radius 1 is 1.08 bits per heavy atom. The van der Waals surface area contributed by atoms with Crippen molar-refractivity contribution in [2.45, 2.75) is 30.7 Å². The van der Waals surface area contributed by atoms with Gasteiger partial charge in [-0.05, 0) is 30.5 Å². The van der Waals surface area contributed by atoms with Crippen molar-refractivity contribution in [1.29, 1.82) is 0 Å². The first-order valence-corrected chi connectivity index (χ1v) is 9.74. The number of sulfonamides is 1. The standard InChI is InChI=1S/C17H28N4O2S/c1-19(2)17(20(3)4)18-14-15-9-8-10-16(13-15)24(22,23)21-11-6-5-7-12-21/h8-10,13H,5-7,11-12,14H2,1-4H3. The highest BCUT2D eigenvalue weighted by atomic mass is 32.2. The SMILES string of the molecule is CN(C)C(=NCc1cccc(S(=O)(=O)N2CCCCC2)c1)N(C)C. The Labute approximate surface area is 145 Å². The summed E-state index contributed by atoms with van der Waals surface area (Å²) in [7, 11) is 4.37. The molecule has 0 N–H and O–H groups in total. The van der Waals surface area contributed by atoms with E-state index in [1.165, 1.54) is 0 Å². The number of piperidine rings is 1. The van der Waals surface area contributed by atoms with Crippen LogP contribution in [0.25, 0.3) is 0 Å². The van der Waals surface area contributed by atoms with Crippen LogP contribution in [0.3, 0.4) is 0 Å². The van der Waals surface area contributed by atoms with Gasteiger partial charge in [-0.1, -0.05) is 18.6 Å². The highest BCUT2D eigenvalue weighted by Crippen LogP contribution is 2.21. The molecule has 1 fully saturated rings. The summed E-state index contributed by atoms with van der Waals surface area (Å²) < 4.78 is 27.1. The monoisotopic (exact) mass is 352 g/mol. The van der Waals surface area contributed by atoms with Crippen molar-refractivity contribution in [2.24, 2.45) is 4.99 Å². The van der Waals surface area contributed by atoms with Gasteiger partial charge in [-0.15, -0.1) is 0 Å². The average molecular weight is 353 g/mol. The minimum atomic E-state index is -3.39. The van der Waals surface area contributed by atoms with Crippen LogP contribution in [-0.2, 0) is 16.6 Å². The molecule has 134 valence electrons. The van der Waals surface area contributed by atoms with Crippen LogP contribution in [0.5, 0.6) is 0 Å². The summed E-state index contributed by atoms with van der Waals surface area (Å²) in [5.41, 5.74) is 0.897. The number of hydrogen-bond acceptors (Lipinski definition) is 3. The van der Waals surface area contributed by atoms with Crippen LogP contribution < -0.4 is 0 Å². The van der Waals surface area contributed by atoms with Crippen LogP contribution in [-0.4, -0.2) is 69.8 Å². The van der Waals surface area contributed by atoms with Gasteiger partial charge in [0.05, 0.1) is 11.4 Å². The molecule has 0 atom stereocenters. The largest absolute Gasteiger partial charge is 0.349 e. The van der Waals surface area contributed by atoms with Crippen molar-refractivity contribution in [2.75, 3.05) is 41.3 Å². The zero-order chi connectivity index (χ0) is 17.7. The lowest BCUT2D eigenvalue weighted by Crippen LogP contribution is -2.35. The first kappa shape index (κ1) is 18.7. The Kier molecular flexibility index (Phi) is 6.23. The van der Waals surface area contributed by atoms with Crippen molar-refractivity contribution >= 4 is 16.0 Å². The lowest BCUT2D eigenvalue weighted by molar-refractivity contribution is 0.346. The lowest BCUT2D eigenvalue weighted by Gasteiger charge is -2.26. The number of rotatable bonds is 4. The molecule has 6 nitrogen and oxygen atoms in total. The summed E-state index contributed by atoms with van der Waals surface area (Å²) in [4.78, 5) is 8.84. The van der Waals surface area contributed by atoms with E-state index in [0.717, 1.165) is 30.8 Å². The topological polar surface area (TPSA) is 56.2 Å². The number of guanidine groups is 1. The van der Waals surface area contributed by atoms with Gasteiger partial charge in [-0.3, -0.25) is 0 Å². The Balaban J connectivity index is 2.21. The molecule has 0 radical (unpaired) electrons. The first-order valence-electron chi connectivity index (χ1n) is 8.30. The molecule has 0 unspecified atom stereocenters. The fourth-order valence-electron chi connectivity index (χ4n) is 2.90. The molecule has 1 aromatic rings. The molecular weight excluding hydrogens is 324 g/mol. The number of hydrogen-bond donors (Lipinski definition) is 0. The van der Waals surface area contributed by atoms with E-state index in [9.17, 15) is 8.42 Å². The van der Waals surface area contributed by atoms with Crippen LogP contribution in [0, 0.1) is 0 Å². The number of aliphatic imine (C=N–C) groups is 1. The quantitative estimate of drug-likeness (QED) is 0.613. The van der Waals surface area contributed by atoms with Crippen LogP contribution in [0.2, 0.25) is 0 Å². The average Bonchev–Trinajstić information content (AvgIpc) is 2.55. The summed E-state index contributed by atoms with van der Waals surface area (Å²) >= 11 is 0. The molecule has 1 aromatic carbocycles.